The zero-order valence-electron chi connectivity index (χ0n) is 19.2. The van der Waals surface area contributed by atoms with Crippen molar-refractivity contribution in [2.45, 2.75) is 19.1 Å². The second-order valence-corrected chi connectivity index (χ2v) is 11.4. The maximum atomic E-state index is 12.7. The summed E-state index contributed by atoms with van der Waals surface area (Å²) in [5.74, 6) is -1.36. The Morgan fingerprint density at radius 3 is 2.50 bits per heavy atom. The Hall–Kier alpha value is -3.48. The van der Waals surface area contributed by atoms with Crippen molar-refractivity contribution >= 4 is 67.5 Å². The zero-order chi connectivity index (χ0) is 26.2. The van der Waals surface area contributed by atoms with Gasteiger partial charge in [0, 0.05) is 5.02 Å². The van der Waals surface area contributed by atoms with Crippen molar-refractivity contribution in [2.75, 3.05) is 7.11 Å². The monoisotopic (exact) mass is 546 g/mol. The number of amidine groups is 3. The zero-order valence-corrected chi connectivity index (χ0v) is 21.6. The molecule has 0 saturated carbocycles. The minimum atomic E-state index is -3.83. The lowest BCUT2D eigenvalue weighted by Crippen LogP contribution is -2.46. The van der Waals surface area contributed by atoms with Gasteiger partial charge in [-0.15, -0.1) is 0 Å². The second-order valence-electron chi connectivity index (χ2n) is 7.81. The number of carbonyl (C=O) groups excluding carboxylic acids is 2. The summed E-state index contributed by atoms with van der Waals surface area (Å²) in [7, 11) is -2.44. The number of hydrogen-bond acceptors (Lipinski definition) is 9. The Morgan fingerprint density at radius 1 is 1.17 bits per heavy atom. The van der Waals surface area contributed by atoms with Crippen LogP contribution in [0.25, 0.3) is 6.08 Å². The molecule has 13 heteroatoms. The van der Waals surface area contributed by atoms with Crippen molar-refractivity contribution in [1.82, 2.24) is 4.90 Å². The van der Waals surface area contributed by atoms with Crippen LogP contribution in [0.5, 0.6) is 11.5 Å². The van der Waals surface area contributed by atoms with Gasteiger partial charge in [-0.1, -0.05) is 17.7 Å². The van der Waals surface area contributed by atoms with Crippen LogP contribution in [-0.2, 0) is 14.6 Å². The number of methoxy groups -OCH3 is 1. The number of fused-ring (bicyclic) bond motifs is 1. The molecule has 0 aromatic heterocycles. The van der Waals surface area contributed by atoms with Crippen molar-refractivity contribution in [2.24, 2.45) is 9.39 Å². The molecule has 0 radical (unpaired) electrons. The Bertz CT molecular complexity index is 1480. The van der Waals surface area contributed by atoms with Gasteiger partial charge < -0.3 is 9.47 Å². The lowest BCUT2D eigenvalue weighted by Gasteiger charge is -2.25. The Kier molecular flexibility index (Phi) is 7.03. The van der Waals surface area contributed by atoms with E-state index < -0.39 is 27.0 Å². The Morgan fingerprint density at radius 2 is 1.86 bits per heavy atom. The molecule has 0 aliphatic carbocycles. The summed E-state index contributed by atoms with van der Waals surface area (Å²) in [5.41, 5.74) is 0.586. The number of nitrogens with one attached hydrogen (secondary N) is 1. The first-order chi connectivity index (χ1) is 17.0. The molecule has 0 atom stereocenters. The average Bonchev–Trinajstić information content (AvgIpc) is 3.27. The third-order valence-corrected chi connectivity index (χ3v) is 8.24. The average molecular weight is 547 g/mol. The number of carbonyl (C=O) groups is 2. The van der Waals surface area contributed by atoms with Crippen LogP contribution < -0.4 is 9.47 Å². The van der Waals surface area contributed by atoms with Gasteiger partial charge in [0.25, 0.3) is 5.91 Å². The first-order valence-electron chi connectivity index (χ1n) is 10.4. The third kappa shape index (κ3) is 4.79. The van der Waals surface area contributed by atoms with Gasteiger partial charge in [-0.3, -0.25) is 10.2 Å². The van der Waals surface area contributed by atoms with Crippen LogP contribution in [0.4, 0.5) is 0 Å². The third-order valence-electron chi connectivity index (χ3n) is 5.15. The molecule has 2 heterocycles. The summed E-state index contributed by atoms with van der Waals surface area (Å²) in [4.78, 5) is 30.1. The van der Waals surface area contributed by atoms with Gasteiger partial charge in [0.2, 0.25) is 20.2 Å². The number of ether oxygens (including phenoxy) is 2. The maximum absolute atomic E-state index is 12.7. The predicted molar refractivity (Wildman–Crippen MR) is 138 cm³/mol. The standard InChI is InChI=1S/C23H19ClN4O6S2/c1-12(2)36(31,32)23-27-35-22-26-20(29)16(19(25)28(22)23)10-13-4-9-17(18(11-13)33-3)34-21(30)14-5-7-15(24)8-6-14/h4-12,25H,1-3H3/b16-10-,25-19?. The quantitative estimate of drug-likeness (QED) is 0.257. The number of sulfone groups is 1. The fourth-order valence-electron chi connectivity index (χ4n) is 3.16. The minimum Gasteiger partial charge on any atom is -0.493 e. The number of hydrogen-bond donors (Lipinski definition) is 1. The lowest BCUT2D eigenvalue weighted by atomic mass is 10.1. The van der Waals surface area contributed by atoms with E-state index in [1.54, 1.807) is 18.2 Å². The molecule has 0 saturated heterocycles. The topological polar surface area (TPSA) is 139 Å². The number of nitrogens with zero attached hydrogens (tertiary/aromatic N) is 3. The molecule has 2 aromatic rings. The molecule has 0 fully saturated rings. The molecule has 0 spiro atoms. The molecule has 36 heavy (non-hydrogen) atoms. The molecule has 0 bridgehead atoms. The first kappa shape index (κ1) is 25.6. The summed E-state index contributed by atoms with van der Waals surface area (Å²) in [6.07, 6.45) is 1.38. The Labute approximate surface area is 216 Å². The van der Waals surface area contributed by atoms with Crippen LogP contribution in [0.15, 0.2) is 57.4 Å². The molecule has 1 N–H and O–H groups in total. The highest BCUT2D eigenvalue weighted by Crippen LogP contribution is 2.33. The van der Waals surface area contributed by atoms with Gasteiger partial charge in [0.15, 0.2) is 11.5 Å². The van der Waals surface area contributed by atoms with Crippen LogP contribution >= 0.6 is 23.5 Å². The molecule has 0 unspecified atom stereocenters. The summed E-state index contributed by atoms with van der Waals surface area (Å²) >= 11 is 6.58. The summed E-state index contributed by atoms with van der Waals surface area (Å²) in [6.45, 7) is 3.00. The summed E-state index contributed by atoms with van der Waals surface area (Å²) < 4.78 is 40.1. The van der Waals surface area contributed by atoms with E-state index in [0.29, 0.717) is 16.1 Å². The fraction of sp³-hybridized carbons (Fsp3) is 0.174. The number of rotatable bonds is 5. The molecule has 10 nitrogen and oxygen atoms in total. The van der Waals surface area contributed by atoms with Crippen molar-refractivity contribution in [3.05, 3.63) is 64.2 Å². The van der Waals surface area contributed by atoms with E-state index in [1.807, 2.05) is 0 Å². The summed E-state index contributed by atoms with van der Waals surface area (Å²) in [5, 5.41) is 7.90. The highest BCUT2D eigenvalue weighted by molar-refractivity contribution is 8.16. The van der Waals surface area contributed by atoms with Crippen LogP contribution in [0.2, 0.25) is 5.02 Å². The molecule has 2 aromatic carbocycles. The van der Waals surface area contributed by atoms with Crippen molar-refractivity contribution in [1.29, 1.82) is 5.41 Å². The number of halogens is 1. The Balaban J connectivity index is 1.63. The molecule has 1 amide bonds. The number of benzene rings is 2. The van der Waals surface area contributed by atoms with Crippen molar-refractivity contribution in [3.8, 4) is 11.5 Å². The molecule has 2 aliphatic heterocycles. The van der Waals surface area contributed by atoms with E-state index in [0.717, 1.165) is 16.8 Å². The van der Waals surface area contributed by atoms with Crippen LogP contribution in [-0.4, -0.2) is 53.7 Å². The van der Waals surface area contributed by atoms with Crippen LogP contribution in [0.1, 0.15) is 29.8 Å². The van der Waals surface area contributed by atoms with Gasteiger partial charge in [-0.2, -0.15) is 9.39 Å². The largest absolute Gasteiger partial charge is 0.493 e. The minimum absolute atomic E-state index is 0.00316. The summed E-state index contributed by atoms with van der Waals surface area (Å²) in [6, 6.07) is 10.7. The number of esters is 1. The molecule has 4 rings (SSSR count). The number of amides is 1. The smallest absolute Gasteiger partial charge is 0.343 e. The van der Waals surface area contributed by atoms with E-state index >= 15 is 0 Å². The van der Waals surface area contributed by atoms with Crippen molar-refractivity contribution < 1.29 is 27.5 Å². The lowest BCUT2D eigenvalue weighted by molar-refractivity contribution is -0.114. The van der Waals surface area contributed by atoms with E-state index in [2.05, 4.69) is 9.39 Å². The predicted octanol–water partition coefficient (Wildman–Crippen LogP) is 3.97. The molecule has 2 aliphatic rings. The van der Waals surface area contributed by atoms with E-state index in [-0.39, 0.29) is 33.2 Å². The maximum Gasteiger partial charge on any atom is 0.343 e. The molecule has 186 valence electrons. The van der Waals surface area contributed by atoms with Crippen molar-refractivity contribution in [3.63, 3.8) is 0 Å². The normalized spacial score (nSPS) is 16.7. The van der Waals surface area contributed by atoms with E-state index in [9.17, 15) is 18.0 Å². The molecular weight excluding hydrogens is 528 g/mol. The highest BCUT2D eigenvalue weighted by Gasteiger charge is 2.43. The van der Waals surface area contributed by atoms with Gasteiger partial charge in [-0.05, 0) is 61.9 Å². The van der Waals surface area contributed by atoms with Gasteiger partial charge >= 0.3 is 5.97 Å². The van der Waals surface area contributed by atoms with Gasteiger partial charge in [0.1, 0.15) is 5.84 Å². The van der Waals surface area contributed by atoms with E-state index in [1.165, 1.54) is 51.3 Å². The van der Waals surface area contributed by atoms with Crippen LogP contribution in [0, 0.1) is 5.41 Å². The van der Waals surface area contributed by atoms with Crippen LogP contribution in [0.3, 0.4) is 0 Å². The number of aliphatic imine (C=N–C) groups is 1. The second kappa shape index (κ2) is 9.88. The highest BCUT2D eigenvalue weighted by atomic mass is 35.5. The fourth-order valence-corrected chi connectivity index (χ4v) is 5.35. The molecular formula is C23H19ClN4O6S2. The van der Waals surface area contributed by atoms with Gasteiger partial charge in [-0.25, -0.2) is 18.1 Å². The van der Waals surface area contributed by atoms with E-state index in [4.69, 9.17) is 26.5 Å². The van der Waals surface area contributed by atoms with Gasteiger partial charge in [0.05, 0.1) is 35.4 Å². The first-order valence-corrected chi connectivity index (χ1v) is 13.1. The SMILES string of the molecule is COc1cc(/C=C2/C(=N)N3C(=NC2=O)SN=C3S(=O)(=O)C(C)C)ccc1OC(=O)c1ccc(Cl)cc1.